The summed E-state index contributed by atoms with van der Waals surface area (Å²) >= 11 is 0. The van der Waals surface area contributed by atoms with Crippen molar-refractivity contribution >= 4 is 17.9 Å². The maximum absolute atomic E-state index is 12.8. The molecule has 0 saturated heterocycles. The Balaban J connectivity index is 4.44. The van der Waals surface area contributed by atoms with Crippen LogP contribution in [0.2, 0.25) is 0 Å². The number of unbranched alkanes of at least 4 members (excludes halogenated alkanes) is 28. The van der Waals surface area contributed by atoms with E-state index in [1.54, 1.807) is 0 Å². The van der Waals surface area contributed by atoms with E-state index in [1.807, 2.05) is 72.9 Å². The van der Waals surface area contributed by atoms with E-state index in [4.69, 9.17) is 14.2 Å². The lowest BCUT2D eigenvalue weighted by Crippen LogP contribution is -2.30. The van der Waals surface area contributed by atoms with Crippen LogP contribution in [-0.2, 0) is 28.6 Å². The number of carbonyl (C=O) groups is 3. The molecule has 0 aliphatic carbocycles. The van der Waals surface area contributed by atoms with E-state index in [2.05, 4.69) is 45.1 Å². The minimum atomic E-state index is -0.799. The molecule has 0 amide bonds. The fourth-order valence-electron chi connectivity index (χ4n) is 7.58. The summed E-state index contributed by atoms with van der Waals surface area (Å²) in [4.78, 5) is 38.1. The second-order valence-corrected chi connectivity index (χ2v) is 18.3. The third-order valence-corrected chi connectivity index (χ3v) is 11.8. The molecule has 382 valence electrons. The van der Waals surface area contributed by atoms with Gasteiger partial charge in [-0.15, -0.1) is 0 Å². The van der Waals surface area contributed by atoms with Crippen LogP contribution in [0.5, 0.6) is 0 Å². The standard InChI is InChI=1S/C61H102O6/c1-4-7-10-13-16-19-22-24-26-28-30-32-34-36-39-42-45-48-51-54-60(63)66-57-58(56-65-59(62)53-50-47-44-41-38-21-18-15-12-9-6-3)67-61(64)55-52-49-46-43-40-37-35-33-31-29-27-25-23-20-17-14-11-8-5-2/h7,10,13,15-16,18-19,22,24,26,28,30,32,34,36,39,58H,4-6,8-9,11-12,14,17,20-21,23,25,27,29,31,33,35,37-38,40-57H2,1-3H3/b10-7-,16-13-,18-15-,22-19-,26-24-,30-28+,34-32-,39-36-. The number of esters is 3. The van der Waals surface area contributed by atoms with Crippen molar-refractivity contribution in [3.63, 3.8) is 0 Å². The van der Waals surface area contributed by atoms with Gasteiger partial charge >= 0.3 is 17.9 Å². The Hall–Kier alpha value is -3.67. The first-order valence-corrected chi connectivity index (χ1v) is 27.8. The molecule has 0 radical (unpaired) electrons. The molecule has 1 unspecified atom stereocenters. The van der Waals surface area contributed by atoms with Gasteiger partial charge in [-0.2, -0.15) is 0 Å². The number of rotatable bonds is 49. The Bertz CT molecular complexity index is 1350. The lowest BCUT2D eigenvalue weighted by atomic mass is 10.0. The molecule has 0 saturated carbocycles. The molecule has 0 rings (SSSR count). The van der Waals surface area contributed by atoms with Gasteiger partial charge < -0.3 is 14.2 Å². The molecule has 0 bridgehead atoms. The third-order valence-electron chi connectivity index (χ3n) is 11.8. The minimum absolute atomic E-state index is 0.0960. The molecular formula is C61H102O6. The van der Waals surface area contributed by atoms with Gasteiger partial charge in [-0.1, -0.05) is 272 Å². The highest BCUT2D eigenvalue weighted by atomic mass is 16.6. The van der Waals surface area contributed by atoms with E-state index < -0.39 is 6.10 Å². The van der Waals surface area contributed by atoms with Gasteiger partial charge in [0, 0.05) is 19.3 Å². The fourth-order valence-corrected chi connectivity index (χ4v) is 7.58. The van der Waals surface area contributed by atoms with Crippen molar-refractivity contribution in [3.8, 4) is 0 Å². The van der Waals surface area contributed by atoms with E-state index in [0.717, 1.165) is 83.5 Å². The van der Waals surface area contributed by atoms with Crippen LogP contribution in [-0.4, -0.2) is 37.2 Å². The summed E-state index contributed by atoms with van der Waals surface area (Å²) < 4.78 is 16.8. The summed E-state index contributed by atoms with van der Waals surface area (Å²) in [6.07, 6.45) is 72.5. The lowest BCUT2D eigenvalue weighted by Gasteiger charge is -2.18. The van der Waals surface area contributed by atoms with Crippen molar-refractivity contribution in [2.24, 2.45) is 0 Å². The average molecular weight is 931 g/mol. The summed E-state index contributed by atoms with van der Waals surface area (Å²) in [6.45, 7) is 6.42. The maximum Gasteiger partial charge on any atom is 0.306 e. The zero-order valence-electron chi connectivity index (χ0n) is 43.6. The lowest BCUT2D eigenvalue weighted by molar-refractivity contribution is -0.167. The second kappa shape index (κ2) is 54.9. The Morgan fingerprint density at radius 1 is 0.313 bits per heavy atom. The molecule has 0 aliphatic heterocycles. The first-order valence-electron chi connectivity index (χ1n) is 27.8. The molecule has 6 heteroatoms. The number of hydrogen-bond donors (Lipinski definition) is 0. The van der Waals surface area contributed by atoms with Crippen LogP contribution in [0.1, 0.15) is 252 Å². The maximum atomic E-state index is 12.8. The van der Waals surface area contributed by atoms with Crippen molar-refractivity contribution in [2.75, 3.05) is 13.2 Å². The Labute approximate surface area is 413 Å². The highest BCUT2D eigenvalue weighted by Crippen LogP contribution is 2.16. The van der Waals surface area contributed by atoms with Crippen molar-refractivity contribution in [1.82, 2.24) is 0 Å². The van der Waals surface area contributed by atoms with Gasteiger partial charge in [-0.25, -0.2) is 0 Å². The molecule has 0 spiro atoms. The van der Waals surface area contributed by atoms with Crippen LogP contribution in [0.25, 0.3) is 0 Å². The van der Waals surface area contributed by atoms with Gasteiger partial charge in [-0.05, 0) is 57.8 Å². The molecule has 0 aliphatic rings. The van der Waals surface area contributed by atoms with Crippen molar-refractivity contribution in [2.45, 2.75) is 258 Å². The zero-order valence-corrected chi connectivity index (χ0v) is 43.6. The van der Waals surface area contributed by atoms with Gasteiger partial charge in [0.1, 0.15) is 13.2 Å². The molecule has 0 aromatic carbocycles. The van der Waals surface area contributed by atoms with Gasteiger partial charge in [0.15, 0.2) is 6.10 Å². The Morgan fingerprint density at radius 2 is 0.612 bits per heavy atom. The number of allylic oxidation sites excluding steroid dienone is 16. The third kappa shape index (κ3) is 53.2. The van der Waals surface area contributed by atoms with E-state index in [-0.39, 0.29) is 31.1 Å². The monoisotopic (exact) mass is 931 g/mol. The number of carbonyl (C=O) groups excluding carboxylic acids is 3. The molecule has 0 aromatic rings. The van der Waals surface area contributed by atoms with Crippen LogP contribution < -0.4 is 0 Å². The second-order valence-electron chi connectivity index (χ2n) is 18.3. The zero-order chi connectivity index (χ0) is 48.6. The largest absolute Gasteiger partial charge is 0.462 e. The predicted octanol–water partition coefficient (Wildman–Crippen LogP) is 18.5. The van der Waals surface area contributed by atoms with Crippen LogP contribution in [0.4, 0.5) is 0 Å². The van der Waals surface area contributed by atoms with Crippen LogP contribution >= 0.6 is 0 Å². The molecule has 0 N–H and O–H groups in total. The topological polar surface area (TPSA) is 78.9 Å². The summed E-state index contributed by atoms with van der Waals surface area (Å²) in [5, 5.41) is 0. The Morgan fingerprint density at radius 3 is 1.01 bits per heavy atom. The van der Waals surface area contributed by atoms with E-state index in [0.29, 0.717) is 19.3 Å². The summed E-state index contributed by atoms with van der Waals surface area (Å²) in [5.41, 5.74) is 0. The average Bonchev–Trinajstić information content (AvgIpc) is 3.33. The SMILES string of the molecule is CC\C=C/C=C\C=C/C=C\C=C\C=C/C=C\CCCCCC(=O)OCC(COC(=O)CCCCCCC/C=C\CCCC)OC(=O)CCCCCCCCCCCCCCCCCCCCC. The molecule has 0 fully saturated rings. The van der Waals surface area contributed by atoms with E-state index in [1.165, 1.54) is 128 Å². The number of hydrogen-bond acceptors (Lipinski definition) is 6. The van der Waals surface area contributed by atoms with Crippen LogP contribution in [0.3, 0.4) is 0 Å². The quantitative estimate of drug-likeness (QED) is 0.0199. The van der Waals surface area contributed by atoms with E-state index in [9.17, 15) is 14.4 Å². The van der Waals surface area contributed by atoms with E-state index >= 15 is 0 Å². The molecular weight excluding hydrogens is 829 g/mol. The van der Waals surface area contributed by atoms with Gasteiger partial charge in [-0.3, -0.25) is 14.4 Å². The predicted molar refractivity (Wildman–Crippen MR) is 288 cm³/mol. The van der Waals surface area contributed by atoms with Gasteiger partial charge in [0.05, 0.1) is 0 Å². The summed E-state index contributed by atoms with van der Waals surface area (Å²) in [6, 6.07) is 0. The molecule has 1 atom stereocenters. The minimum Gasteiger partial charge on any atom is -0.462 e. The van der Waals surface area contributed by atoms with Crippen LogP contribution in [0.15, 0.2) is 97.2 Å². The Kier molecular flexibility index (Phi) is 51.9. The van der Waals surface area contributed by atoms with Gasteiger partial charge in [0.25, 0.3) is 0 Å². The van der Waals surface area contributed by atoms with Crippen molar-refractivity contribution in [3.05, 3.63) is 97.2 Å². The molecule has 0 heterocycles. The summed E-state index contributed by atoms with van der Waals surface area (Å²) in [5.74, 6) is -0.948. The summed E-state index contributed by atoms with van der Waals surface area (Å²) in [7, 11) is 0. The normalized spacial score (nSPS) is 12.8. The van der Waals surface area contributed by atoms with Gasteiger partial charge in [0.2, 0.25) is 0 Å². The molecule has 6 nitrogen and oxygen atoms in total. The van der Waals surface area contributed by atoms with Crippen molar-refractivity contribution < 1.29 is 28.6 Å². The smallest absolute Gasteiger partial charge is 0.306 e. The first kappa shape index (κ1) is 63.3. The molecule has 67 heavy (non-hydrogen) atoms. The van der Waals surface area contributed by atoms with Crippen LogP contribution in [0, 0.1) is 0 Å². The fraction of sp³-hybridized carbons (Fsp3) is 0.689. The number of ether oxygens (including phenoxy) is 3. The first-order chi connectivity index (χ1) is 33.0. The van der Waals surface area contributed by atoms with Crippen molar-refractivity contribution in [1.29, 1.82) is 0 Å². The highest BCUT2D eigenvalue weighted by molar-refractivity contribution is 5.71. The highest BCUT2D eigenvalue weighted by Gasteiger charge is 2.19. The molecule has 0 aromatic heterocycles.